The van der Waals surface area contributed by atoms with E-state index in [1.807, 2.05) is 30.1 Å². The van der Waals surface area contributed by atoms with Crippen LogP contribution in [-0.4, -0.2) is 99.0 Å². The van der Waals surface area contributed by atoms with Crippen LogP contribution in [0.2, 0.25) is 0 Å². The maximum atomic E-state index is 12.4. The average molecular weight is 540 g/mol. The Morgan fingerprint density at radius 2 is 2.03 bits per heavy atom. The number of carbonyl (C=O) groups excluding carboxylic acids is 1. The molecule has 0 aromatic carbocycles. The Balaban J connectivity index is 1.53. The molecule has 212 valence electrons. The number of anilines is 2. The second kappa shape index (κ2) is 13.0. The molecule has 0 radical (unpaired) electrons. The fraction of sp³-hybridized carbons (Fsp3) is 0.593. The first kappa shape index (κ1) is 28.5. The molecule has 1 unspecified atom stereocenters. The van der Waals surface area contributed by atoms with E-state index in [2.05, 4.69) is 33.4 Å². The number of likely N-dealkylation sites (N-methyl/N-ethyl adjacent to an activating group) is 1. The Hall–Kier alpha value is -3.51. The first-order valence-electron chi connectivity index (χ1n) is 13.6. The molecule has 4 N–H and O–H groups in total. The van der Waals surface area contributed by atoms with E-state index in [4.69, 9.17) is 15.5 Å². The zero-order valence-corrected chi connectivity index (χ0v) is 23.4. The second-order valence-electron chi connectivity index (χ2n) is 10.4. The zero-order chi connectivity index (χ0) is 27.9. The maximum Gasteiger partial charge on any atom is 0.236 e. The van der Waals surface area contributed by atoms with Crippen LogP contribution >= 0.6 is 0 Å². The number of carbonyl (C=O) groups is 1. The molecule has 12 heteroatoms. The number of rotatable bonds is 12. The second-order valence-corrected chi connectivity index (χ2v) is 10.4. The molecule has 1 aliphatic heterocycles. The summed E-state index contributed by atoms with van der Waals surface area (Å²) in [6.07, 6.45) is 7.84. The van der Waals surface area contributed by atoms with Crippen LogP contribution in [0.5, 0.6) is 5.75 Å². The number of nitrogens with zero attached hydrogens (tertiary/aromatic N) is 7. The summed E-state index contributed by atoms with van der Waals surface area (Å²) in [5.41, 5.74) is 9.21. The summed E-state index contributed by atoms with van der Waals surface area (Å²) in [6.45, 7) is 4.48. The largest absolute Gasteiger partial charge is 0.495 e. The Morgan fingerprint density at radius 1 is 1.26 bits per heavy atom. The van der Waals surface area contributed by atoms with Gasteiger partial charge in [-0.3, -0.25) is 14.5 Å². The van der Waals surface area contributed by atoms with Crippen LogP contribution in [0.1, 0.15) is 56.2 Å². The molecular formula is C27H41N9O3. The number of nitrogens with one attached hydrogen (secondary N) is 1. The lowest BCUT2D eigenvalue weighted by Crippen LogP contribution is -2.42. The van der Waals surface area contributed by atoms with Crippen LogP contribution in [-0.2, 0) is 11.3 Å². The van der Waals surface area contributed by atoms with Crippen molar-refractivity contribution < 1.29 is 14.6 Å². The number of amides is 1. The fourth-order valence-electron chi connectivity index (χ4n) is 5.20. The van der Waals surface area contributed by atoms with Gasteiger partial charge in [-0.05, 0) is 57.3 Å². The van der Waals surface area contributed by atoms with Crippen molar-refractivity contribution in [2.75, 3.05) is 58.5 Å². The molecule has 0 bridgehead atoms. The third kappa shape index (κ3) is 6.93. The van der Waals surface area contributed by atoms with Crippen LogP contribution in [0.3, 0.4) is 0 Å². The van der Waals surface area contributed by atoms with Crippen molar-refractivity contribution in [2.45, 2.75) is 57.5 Å². The minimum absolute atomic E-state index is 0.0531. The molecule has 3 aromatic heterocycles. The van der Waals surface area contributed by atoms with Crippen molar-refractivity contribution in [3.63, 3.8) is 0 Å². The molecule has 1 atom stereocenters. The SMILES string of the molecule is CCCC(CCO)Nc1nc(N)nc2cnn(Cc3ncc(C4CCN(C(=O)CN(C)C)CC4)cc3OC)c12. The summed E-state index contributed by atoms with van der Waals surface area (Å²) < 4.78 is 7.55. The Morgan fingerprint density at radius 3 is 2.69 bits per heavy atom. The molecule has 0 saturated carbocycles. The molecule has 1 saturated heterocycles. The topological polar surface area (TPSA) is 148 Å². The Bertz CT molecular complexity index is 1250. The normalized spacial score (nSPS) is 15.2. The summed E-state index contributed by atoms with van der Waals surface area (Å²) in [7, 11) is 5.47. The van der Waals surface area contributed by atoms with Crippen LogP contribution in [0.25, 0.3) is 11.0 Å². The van der Waals surface area contributed by atoms with E-state index in [9.17, 15) is 9.90 Å². The highest BCUT2D eigenvalue weighted by Gasteiger charge is 2.25. The van der Waals surface area contributed by atoms with E-state index < -0.39 is 0 Å². The monoisotopic (exact) mass is 539 g/mol. The number of fused-ring (bicyclic) bond motifs is 1. The van der Waals surface area contributed by atoms with Gasteiger partial charge in [0.1, 0.15) is 22.5 Å². The highest BCUT2D eigenvalue weighted by Crippen LogP contribution is 2.32. The summed E-state index contributed by atoms with van der Waals surface area (Å²) in [6, 6.07) is 2.11. The number of ether oxygens (including phenoxy) is 1. The van der Waals surface area contributed by atoms with Gasteiger partial charge in [-0.2, -0.15) is 10.1 Å². The molecule has 4 heterocycles. The number of nitrogen functional groups attached to an aromatic ring is 1. The van der Waals surface area contributed by atoms with Gasteiger partial charge in [-0.1, -0.05) is 13.3 Å². The third-order valence-electron chi connectivity index (χ3n) is 7.20. The first-order valence-corrected chi connectivity index (χ1v) is 13.6. The van der Waals surface area contributed by atoms with E-state index in [-0.39, 0.29) is 24.5 Å². The highest BCUT2D eigenvalue weighted by molar-refractivity contribution is 5.86. The number of piperidine rings is 1. The minimum Gasteiger partial charge on any atom is -0.495 e. The lowest BCUT2D eigenvalue weighted by atomic mass is 9.90. The summed E-state index contributed by atoms with van der Waals surface area (Å²) in [5.74, 6) is 1.94. The maximum absolute atomic E-state index is 12.4. The van der Waals surface area contributed by atoms with Crippen molar-refractivity contribution in [2.24, 2.45) is 0 Å². The molecule has 1 amide bonds. The van der Waals surface area contributed by atoms with E-state index in [0.29, 0.717) is 42.5 Å². The van der Waals surface area contributed by atoms with Gasteiger partial charge in [0.15, 0.2) is 5.82 Å². The van der Waals surface area contributed by atoms with Crippen LogP contribution in [0.15, 0.2) is 18.5 Å². The van der Waals surface area contributed by atoms with Crippen molar-refractivity contribution in [3.05, 3.63) is 29.7 Å². The molecule has 1 fully saturated rings. The van der Waals surface area contributed by atoms with E-state index in [1.165, 1.54) is 0 Å². The highest BCUT2D eigenvalue weighted by atomic mass is 16.5. The average Bonchev–Trinajstić information content (AvgIpc) is 3.31. The standard InChI is InChI=1S/C27H41N9O3/c1-5-6-20(9-12-37)31-26-25-21(32-27(28)33-26)15-30-36(25)16-22-23(39-4)13-19(14-29-22)18-7-10-35(11-8-18)24(38)17-34(2)3/h13-15,18,20,37H,5-12,16-17H2,1-4H3,(H3,28,31,32,33). The van der Waals surface area contributed by atoms with Crippen molar-refractivity contribution in [1.29, 1.82) is 0 Å². The molecule has 0 aliphatic carbocycles. The van der Waals surface area contributed by atoms with Gasteiger partial charge < -0.3 is 30.7 Å². The number of aliphatic hydroxyl groups is 1. The summed E-state index contributed by atoms with van der Waals surface area (Å²) in [4.78, 5) is 29.9. The number of aliphatic hydroxyl groups excluding tert-OH is 1. The molecule has 12 nitrogen and oxygen atoms in total. The molecule has 3 aromatic rings. The lowest BCUT2D eigenvalue weighted by Gasteiger charge is -2.33. The van der Waals surface area contributed by atoms with Gasteiger partial charge in [-0.15, -0.1) is 0 Å². The van der Waals surface area contributed by atoms with E-state index in [0.717, 1.165) is 55.5 Å². The van der Waals surface area contributed by atoms with Gasteiger partial charge in [0.2, 0.25) is 11.9 Å². The molecule has 4 rings (SSSR count). The third-order valence-corrected chi connectivity index (χ3v) is 7.20. The van der Waals surface area contributed by atoms with Crippen molar-refractivity contribution in [1.82, 2.24) is 34.5 Å². The zero-order valence-electron chi connectivity index (χ0n) is 23.4. The Labute approximate surface area is 229 Å². The quantitative estimate of drug-likeness (QED) is 0.312. The predicted octanol–water partition coefficient (Wildman–Crippen LogP) is 2.09. The Kier molecular flexibility index (Phi) is 9.52. The van der Waals surface area contributed by atoms with Gasteiger partial charge in [0, 0.05) is 31.9 Å². The van der Waals surface area contributed by atoms with Gasteiger partial charge >= 0.3 is 0 Å². The number of hydrogen-bond acceptors (Lipinski definition) is 10. The lowest BCUT2D eigenvalue weighted by molar-refractivity contribution is -0.132. The molecule has 0 spiro atoms. The number of likely N-dealkylation sites (tertiary alicyclic amines) is 1. The first-order chi connectivity index (χ1) is 18.8. The van der Waals surface area contributed by atoms with Gasteiger partial charge in [0.05, 0.1) is 26.4 Å². The van der Waals surface area contributed by atoms with Crippen LogP contribution in [0.4, 0.5) is 11.8 Å². The number of nitrogens with two attached hydrogens (primary N) is 1. The number of aromatic nitrogens is 5. The fourth-order valence-corrected chi connectivity index (χ4v) is 5.20. The number of pyridine rings is 1. The summed E-state index contributed by atoms with van der Waals surface area (Å²) in [5, 5.41) is 17.5. The number of hydrogen-bond donors (Lipinski definition) is 3. The van der Waals surface area contributed by atoms with E-state index in [1.54, 1.807) is 18.0 Å². The van der Waals surface area contributed by atoms with Crippen LogP contribution in [0, 0.1) is 0 Å². The number of methoxy groups -OCH3 is 1. The predicted molar refractivity (Wildman–Crippen MR) is 151 cm³/mol. The van der Waals surface area contributed by atoms with Crippen LogP contribution < -0.4 is 15.8 Å². The molecule has 1 aliphatic rings. The van der Waals surface area contributed by atoms with Gasteiger partial charge in [0.25, 0.3) is 0 Å². The van der Waals surface area contributed by atoms with Crippen molar-refractivity contribution in [3.8, 4) is 5.75 Å². The minimum atomic E-state index is 0.0531. The van der Waals surface area contributed by atoms with E-state index >= 15 is 0 Å². The molecule has 39 heavy (non-hydrogen) atoms. The summed E-state index contributed by atoms with van der Waals surface area (Å²) >= 11 is 0. The molecular weight excluding hydrogens is 498 g/mol. The smallest absolute Gasteiger partial charge is 0.236 e. The van der Waals surface area contributed by atoms with Crippen molar-refractivity contribution >= 4 is 28.7 Å². The van der Waals surface area contributed by atoms with Gasteiger partial charge in [-0.25, -0.2) is 4.98 Å².